The SMILES string of the molecule is [C-]#[N+]c1cn2[nH]c(-c3ccc(NS(=O)Oc4ccc(OCCCCCCCCCCCC)c(NS(=O)(=O)C(F)(F)F)c4)c(C)c3)nc2c1C(=O)OC1C(C2CCCCC2)CCC1C1CCCCC1. The lowest BCUT2D eigenvalue weighted by Gasteiger charge is -2.36. The fraction of sp³-hybridized carbons (Fsp3) is 0.620. The summed E-state index contributed by atoms with van der Waals surface area (Å²) < 4.78 is 101. The number of sulfonamides is 1. The van der Waals surface area contributed by atoms with Gasteiger partial charge in [-0.25, -0.2) is 14.6 Å². The number of alkyl halides is 3. The number of unbranched alkanes of at least 4 members (excludes halogenated alkanes) is 9. The van der Waals surface area contributed by atoms with Gasteiger partial charge in [-0.05, 0) is 85.8 Å². The van der Waals surface area contributed by atoms with Crippen molar-refractivity contribution in [1.82, 2.24) is 14.6 Å². The van der Waals surface area contributed by atoms with Crippen molar-refractivity contribution in [1.29, 1.82) is 0 Å². The normalized spacial score (nSPS) is 20.0. The van der Waals surface area contributed by atoms with Gasteiger partial charge in [0.2, 0.25) is 5.69 Å². The highest BCUT2D eigenvalue weighted by atomic mass is 32.2. The van der Waals surface area contributed by atoms with Gasteiger partial charge in [0.15, 0.2) is 11.5 Å². The van der Waals surface area contributed by atoms with E-state index in [0.717, 1.165) is 44.6 Å². The summed E-state index contributed by atoms with van der Waals surface area (Å²) in [6.45, 7) is 12.0. The number of nitrogens with zero attached hydrogens (tertiary/aromatic N) is 3. The van der Waals surface area contributed by atoms with Gasteiger partial charge in [0.1, 0.15) is 23.2 Å². The predicted octanol–water partition coefficient (Wildman–Crippen LogP) is 13.5. The molecule has 3 aliphatic rings. The molecule has 3 atom stereocenters. The number of aromatic nitrogens is 3. The Bertz CT molecular complexity index is 2470. The van der Waals surface area contributed by atoms with E-state index >= 15 is 0 Å². The first-order valence-corrected chi connectivity index (χ1v) is 27.3. The molecule has 0 radical (unpaired) electrons. The third kappa shape index (κ3) is 12.9. The monoisotopic (exact) mass is 984 g/mol. The molecule has 68 heavy (non-hydrogen) atoms. The van der Waals surface area contributed by atoms with E-state index in [1.54, 1.807) is 40.6 Å². The number of aromatic amines is 1. The summed E-state index contributed by atoms with van der Waals surface area (Å²) in [7, 11) is -5.81. The van der Waals surface area contributed by atoms with E-state index in [1.165, 1.54) is 108 Å². The topological polar surface area (TPSA) is 157 Å². The molecule has 13 nitrogen and oxygen atoms in total. The summed E-state index contributed by atoms with van der Waals surface area (Å²) in [5.74, 6) is 1.34. The fourth-order valence-electron chi connectivity index (χ4n) is 10.7. The van der Waals surface area contributed by atoms with Crippen LogP contribution in [0.1, 0.15) is 164 Å². The van der Waals surface area contributed by atoms with E-state index in [2.05, 4.69) is 21.6 Å². The summed E-state index contributed by atoms with van der Waals surface area (Å²) >= 11 is -2.28. The lowest BCUT2D eigenvalue weighted by atomic mass is 9.74. The van der Waals surface area contributed by atoms with Crippen LogP contribution < -0.4 is 18.4 Å². The van der Waals surface area contributed by atoms with Crippen LogP contribution in [0.5, 0.6) is 11.5 Å². The van der Waals surface area contributed by atoms with Crippen molar-refractivity contribution >= 4 is 50.0 Å². The van der Waals surface area contributed by atoms with E-state index in [1.807, 2.05) is 0 Å². The molecule has 4 aromatic rings. The highest BCUT2D eigenvalue weighted by molar-refractivity contribution is 7.93. The fourth-order valence-corrected chi connectivity index (χ4v) is 12.0. The maximum atomic E-state index is 14.3. The number of H-pyrrole nitrogens is 1. The number of esters is 1. The van der Waals surface area contributed by atoms with Gasteiger partial charge in [0, 0.05) is 17.8 Å². The molecule has 372 valence electrons. The van der Waals surface area contributed by atoms with Crippen LogP contribution in [0.25, 0.3) is 21.9 Å². The van der Waals surface area contributed by atoms with E-state index in [0.29, 0.717) is 58.4 Å². The van der Waals surface area contributed by atoms with Gasteiger partial charge < -0.3 is 13.7 Å². The number of benzene rings is 2. The number of hydrogen-bond acceptors (Lipinski definition) is 8. The van der Waals surface area contributed by atoms with Crippen molar-refractivity contribution in [3.63, 3.8) is 0 Å². The Labute approximate surface area is 401 Å². The van der Waals surface area contributed by atoms with Gasteiger partial charge >= 0.3 is 32.8 Å². The highest BCUT2D eigenvalue weighted by Gasteiger charge is 2.47. The first-order chi connectivity index (χ1) is 32.8. The molecule has 0 saturated heterocycles. The van der Waals surface area contributed by atoms with Crippen LogP contribution in [-0.2, 0) is 26.0 Å². The number of carbonyl (C=O) groups is 1. The molecular weight excluding hydrogens is 918 g/mol. The molecule has 3 aliphatic carbocycles. The van der Waals surface area contributed by atoms with Crippen molar-refractivity contribution in [3.8, 4) is 22.9 Å². The van der Waals surface area contributed by atoms with Gasteiger partial charge in [-0.15, -0.1) is 0 Å². The van der Waals surface area contributed by atoms with Crippen LogP contribution in [0.3, 0.4) is 0 Å². The predicted molar refractivity (Wildman–Crippen MR) is 259 cm³/mol. The highest BCUT2D eigenvalue weighted by Crippen LogP contribution is 2.49. The van der Waals surface area contributed by atoms with Crippen LogP contribution in [0, 0.1) is 37.2 Å². The van der Waals surface area contributed by atoms with E-state index in [9.17, 15) is 30.6 Å². The number of rotatable bonds is 23. The lowest BCUT2D eigenvalue weighted by Crippen LogP contribution is -2.36. The Morgan fingerprint density at radius 1 is 0.868 bits per heavy atom. The number of hydrogen-bond donors (Lipinski definition) is 3. The number of fused-ring (bicyclic) bond motifs is 1. The van der Waals surface area contributed by atoms with E-state index in [4.69, 9.17) is 25.2 Å². The minimum Gasteiger partial charge on any atom is -0.491 e. The maximum absolute atomic E-state index is 14.3. The molecule has 0 aliphatic heterocycles. The summed E-state index contributed by atoms with van der Waals surface area (Å²) in [4.78, 5) is 22.8. The van der Waals surface area contributed by atoms with Crippen molar-refractivity contribution in [2.45, 2.75) is 167 Å². The van der Waals surface area contributed by atoms with Crippen molar-refractivity contribution in [2.75, 3.05) is 16.1 Å². The molecule has 0 spiro atoms. The second kappa shape index (κ2) is 23.7. The van der Waals surface area contributed by atoms with Gasteiger partial charge in [-0.3, -0.25) is 19.1 Å². The molecule has 3 N–H and O–H groups in total. The zero-order valence-corrected chi connectivity index (χ0v) is 41.0. The van der Waals surface area contributed by atoms with E-state index < -0.39 is 38.5 Å². The molecule has 2 aromatic carbocycles. The number of ether oxygens (including phenoxy) is 2. The van der Waals surface area contributed by atoms with Crippen LogP contribution in [0.4, 0.5) is 30.2 Å². The molecule has 2 heterocycles. The van der Waals surface area contributed by atoms with Gasteiger partial charge in [0.05, 0.1) is 24.6 Å². The van der Waals surface area contributed by atoms with E-state index in [-0.39, 0.29) is 35.5 Å². The molecule has 0 amide bonds. The number of aryl methyl sites for hydroxylation is 1. The van der Waals surface area contributed by atoms with Crippen molar-refractivity contribution < 1.29 is 44.2 Å². The lowest BCUT2D eigenvalue weighted by molar-refractivity contribution is -0.0429. The third-order valence-electron chi connectivity index (χ3n) is 14.3. The van der Waals surface area contributed by atoms with Crippen LogP contribution in [0.2, 0.25) is 0 Å². The van der Waals surface area contributed by atoms with Gasteiger partial charge in [0.25, 0.3) is 0 Å². The Morgan fingerprint density at radius 3 is 2.07 bits per heavy atom. The minimum atomic E-state index is -5.81. The van der Waals surface area contributed by atoms with Crippen LogP contribution >= 0.6 is 0 Å². The number of carbonyl (C=O) groups excluding carboxylic acids is 1. The largest absolute Gasteiger partial charge is 0.516 e. The second-order valence-corrected chi connectivity index (χ2v) is 21.5. The average Bonchev–Trinajstić information content (AvgIpc) is 4.03. The van der Waals surface area contributed by atoms with Crippen molar-refractivity contribution in [3.05, 3.63) is 65.1 Å². The number of anilines is 2. The summed E-state index contributed by atoms with van der Waals surface area (Å²) in [6, 6.07) is 8.73. The Morgan fingerprint density at radius 2 is 1.49 bits per heavy atom. The Hall–Kier alpha value is -4.76. The van der Waals surface area contributed by atoms with Gasteiger partial charge in [-0.2, -0.15) is 25.8 Å². The minimum absolute atomic E-state index is 0.129. The van der Waals surface area contributed by atoms with Crippen molar-refractivity contribution in [2.24, 2.45) is 23.7 Å². The molecule has 3 fully saturated rings. The molecular formula is C50H67F3N6O7S2. The molecule has 3 unspecified atom stereocenters. The van der Waals surface area contributed by atoms with Gasteiger partial charge in [-0.1, -0.05) is 129 Å². The first kappa shape index (κ1) is 51.1. The Kier molecular flexibility index (Phi) is 17.8. The number of nitrogens with one attached hydrogen (secondary N) is 3. The third-order valence-corrected chi connectivity index (χ3v) is 16.1. The maximum Gasteiger partial charge on any atom is 0.516 e. The molecule has 7 rings (SSSR count). The average molecular weight is 985 g/mol. The molecule has 18 heteroatoms. The van der Waals surface area contributed by atoms with Crippen LogP contribution in [-0.4, -0.2) is 51.4 Å². The summed E-state index contributed by atoms with van der Waals surface area (Å²) in [5, 5.41) is 3.18. The zero-order chi connectivity index (χ0) is 48.3. The zero-order valence-electron chi connectivity index (χ0n) is 39.3. The Balaban J connectivity index is 0.999. The summed E-state index contributed by atoms with van der Waals surface area (Å²) in [5.41, 5.74) is -3.84. The summed E-state index contributed by atoms with van der Waals surface area (Å²) in [6.07, 6.45) is 26.4. The molecule has 0 bridgehead atoms. The smallest absolute Gasteiger partial charge is 0.491 e. The molecule has 3 saturated carbocycles. The molecule has 2 aromatic heterocycles. The quantitative estimate of drug-likeness (QED) is 0.0377. The second-order valence-electron chi connectivity index (χ2n) is 19.0. The first-order valence-electron chi connectivity index (χ1n) is 24.8. The standard InChI is InChI=1S/C50H67F3N6O7S2/c1-4-5-6-7-8-9-10-11-12-19-30-64-44-29-25-38(32-42(44)58-68(62,63)50(51,52)53)66-67(61)57-41-28-24-37(31-34(41)2)47-55-48-45(43(54-3)33-59(48)56-47)49(60)65-46-39(35-20-15-13-16-21-35)26-27-40(46)36-22-17-14-18-23-36/h24-25,28-29,31-33,35-36,39-40,46,57-58H,4-23,26-27,30H2,1-2H3,(H,55,56). The number of halogens is 3. The van der Waals surface area contributed by atoms with Crippen LogP contribution in [0.15, 0.2) is 42.6 Å².